The molecule has 0 radical (unpaired) electrons. The Labute approximate surface area is 246 Å². The van der Waals surface area contributed by atoms with Gasteiger partial charge in [0.05, 0.1) is 31.3 Å². The first-order chi connectivity index (χ1) is 19.9. The summed E-state index contributed by atoms with van der Waals surface area (Å²) in [4.78, 5) is 12.6. The SMILES string of the molecule is CN[C@@H]1[C@@H](O)[C@@H](O[C@H]2[C@H](NC(=O)[C@@H](O)CN)C[C@H](N)C([C@H]3OC(CNCC4(CN)CC4)=CC[C@H]3N)[C@@H]2O)OC[C@]1(C)O. The Kier molecular flexibility index (Phi) is 10.9. The van der Waals surface area contributed by atoms with Crippen LogP contribution in [-0.4, -0.2) is 133 Å². The topological polar surface area (TPSA) is 266 Å². The van der Waals surface area contributed by atoms with Gasteiger partial charge in [0.15, 0.2) is 6.29 Å². The van der Waals surface area contributed by atoms with E-state index in [1.165, 1.54) is 6.92 Å². The molecule has 15 heteroatoms. The molecule has 0 bridgehead atoms. The highest BCUT2D eigenvalue weighted by atomic mass is 16.7. The molecule has 42 heavy (non-hydrogen) atoms. The summed E-state index contributed by atoms with van der Waals surface area (Å²) in [5.74, 6) is -0.759. The van der Waals surface area contributed by atoms with E-state index in [-0.39, 0.29) is 25.0 Å². The van der Waals surface area contributed by atoms with Gasteiger partial charge in [-0.3, -0.25) is 4.79 Å². The number of carbonyl (C=O) groups excluding carboxylic acids is 1. The van der Waals surface area contributed by atoms with Crippen LogP contribution in [0.3, 0.4) is 0 Å². The number of hydrogen-bond donors (Lipinski definition) is 11. The van der Waals surface area contributed by atoms with Crippen LogP contribution in [0, 0.1) is 11.3 Å². The Bertz CT molecular complexity index is 953. The summed E-state index contributed by atoms with van der Waals surface area (Å²) in [6, 6.07) is -2.80. The largest absolute Gasteiger partial charge is 0.492 e. The molecule has 0 spiro atoms. The summed E-state index contributed by atoms with van der Waals surface area (Å²) in [7, 11) is 1.59. The fourth-order valence-corrected chi connectivity index (χ4v) is 6.43. The standard InChI is InChI=1S/C27H51N7O8/c1-26(39)12-40-25(20(37)23(26)32-2)42-22-16(34-24(38)17(35)8-28)7-15(31)18(19(22)36)21-14(30)4-3-13(41-21)9-33-11-27(10-29)5-6-27/h3,14-23,25,32-33,35-37,39H,4-12,28-31H2,1-2H3,(H,34,38)/t14-,15+,16-,17+,18?,19+,20-,21+,22+,23-,25-,26+/m1/s1. The molecule has 1 amide bonds. The van der Waals surface area contributed by atoms with Gasteiger partial charge in [-0.15, -0.1) is 0 Å². The highest BCUT2D eigenvalue weighted by Crippen LogP contribution is 2.43. The highest BCUT2D eigenvalue weighted by Gasteiger charge is 2.53. The molecule has 2 heterocycles. The van der Waals surface area contributed by atoms with Crippen molar-refractivity contribution in [1.29, 1.82) is 0 Å². The quantitative estimate of drug-likeness (QED) is 0.100. The van der Waals surface area contributed by atoms with Crippen LogP contribution in [0.5, 0.6) is 0 Å². The maximum absolute atomic E-state index is 12.6. The minimum absolute atomic E-state index is 0.147. The molecule has 15 nitrogen and oxygen atoms in total. The van der Waals surface area contributed by atoms with Gasteiger partial charge in [-0.1, -0.05) is 0 Å². The molecule has 12 atom stereocenters. The Hall–Kier alpha value is -1.47. The summed E-state index contributed by atoms with van der Waals surface area (Å²) in [5, 5.41) is 52.4. The van der Waals surface area contributed by atoms with Crippen molar-refractivity contribution in [2.75, 3.05) is 39.8 Å². The number of nitrogens with one attached hydrogen (secondary N) is 3. The molecule has 0 aromatic rings. The third-order valence-electron chi connectivity index (χ3n) is 9.33. The van der Waals surface area contributed by atoms with E-state index in [2.05, 4.69) is 16.0 Å². The Morgan fingerprint density at radius 2 is 1.93 bits per heavy atom. The van der Waals surface area contributed by atoms with Crippen LogP contribution in [0.25, 0.3) is 0 Å². The number of hydrogen-bond acceptors (Lipinski definition) is 14. The highest BCUT2D eigenvalue weighted by molar-refractivity contribution is 5.81. The van der Waals surface area contributed by atoms with E-state index in [9.17, 15) is 25.2 Å². The fraction of sp³-hybridized carbons (Fsp3) is 0.889. The van der Waals surface area contributed by atoms with Crippen LogP contribution >= 0.6 is 0 Å². The maximum atomic E-state index is 12.6. The first-order valence-corrected chi connectivity index (χ1v) is 14.9. The smallest absolute Gasteiger partial charge is 0.250 e. The number of rotatable bonds is 12. The van der Waals surface area contributed by atoms with Gasteiger partial charge in [0, 0.05) is 31.1 Å². The molecule has 2 aliphatic heterocycles. The molecule has 1 saturated heterocycles. The van der Waals surface area contributed by atoms with E-state index < -0.39 is 78.4 Å². The Morgan fingerprint density at radius 3 is 2.55 bits per heavy atom. The molecule has 1 unspecified atom stereocenters. The Morgan fingerprint density at radius 1 is 1.21 bits per heavy atom. The number of carbonyl (C=O) groups is 1. The van der Waals surface area contributed by atoms with E-state index in [1.807, 2.05) is 6.08 Å². The average Bonchev–Trinajstić information content (AvgIpc) is 3.73. The zero-order chi connectivity index (χ0) is 30.8. The predicted molar refractivity (Wildman–Crippen MR) is 152 cm³/mol. The van der Waals surface area contributed by atoms with E-state index in [1.54, 1.807) is 7.05 Å². The Balaban J connectivity index is 1.51. The van der Waals surface area contributed by atoms with Gasteiger partial charge in [-0.2, -0.15) is 0 Å². The van der Waals surface area contributed by atoms with Crippen LogP contribution in [0.4, 0.5) is 0 Å². The van der Waals surface area contributed by atoms with Crippen molar-refractivity contribution in [2.24, 2.45) is 34.3 Å². The molecule has 3 fully saturated rings. The number of nitrogens with two attached hydrogens (primary N) is 4. The lowest BCUT2D eigenvalue weighted by molar-refractivity contribution is -0.297. The number of likely N-dealkylation sites (N-methyl/N-ethyl adjacent to an activating group) is 1. The first-order valence-electron chi connectivity index (χ1n) is 14.9. The second-order valence-electron chi connectivity index (χ2n) is 12.7. The lowest BCUT2D eigenvalue weighted by Crippen LogP contribution is -2.69. The number of aliphatic hydroxyl groups excluding tert-OH is 3. The molecule has 4 rings (SSSR count). The zero-order valence-electron chi connectivity index (χ0n) is 24.5. The second-order valence-corrected chi connectivity index (χ2v) is 12.7. The van der Waals surface area contributed by atoms with Crippen molar-refractivity contribution in [3.05, 3.63) is 11.8 Å². The summed E-state index contributed by atoms with van der Waals surface area (Å²) < 4.78 is 18.2. The van der Waals surface area contributed by atoms with Crippen LogP contribution < -0.4 is 38.9 Å². The summed E-state index contributed by atoms with van der Waals surface area (Å²) in [5.41, 5.74) is 23.2. The summed E-state index contributed by atoms with van der Waals surface area (Å²) in [6.45, 7) is 2.96. The van der Waals surface area contributed by atoms with Gasteiger partial charge < -0.3 is 73.5 Å². The van der Waals surface area contributed by atoms with Crippen LogP contribution in [0.15, 0.2) is 11.8 Å². The molecular formula is C27H51N7O8. The molecule has 0 aromatic carbocycles. The molecular weight excluding hydrogens is 550 g/mol. The van der Waals surface area contributed by atoms with Crippen LogP contribution in [-0.2, 0) is 19.0 Å². The van der Waals surface area contributed by atoms with Crippen molar-refractivity contribution in [3.8, 4) is 0 Å². The van der Waals surface area contributed by atoms with E-state index in [0.29, 0.717) is 25.3 Å². The van der Waals surface area contributed by atoms with Gasteiger partial charge >= 0.3 is 0 Å². The third-order valence-corrected chi connectivity index (χ3v) is 9.33. The minimum atomic E-state index is -1.47. The van der Waals surface area contributed by atoms with Gasteiger partial charge in [0.2, 0.25) is 5.91 Å². The van der Waals surface area contributed by atoms with Gasteiger partial charge in [-0.25, -0.2) is 0 Å². The molecule has 15 N–H and O–H groups in total. The number of amides is 1. The zero-order valence-corrected chi connectivity index (χ0v) is 24.5. The number of ether oxygens (including phenoxy) is 3. The van der Waals surface area contributed by atoms with Crippen molar-refractivity contribution in [3.63, 3.8) is 0 Å². The predicted octanol–water partition coefficient (Wildman–Crippen LogP) is -4.73. The molecule has 242 valence electrons. The van der Waals surface area contributed by atoms with Crippen molar-refractivity contribution in [2.45, 2.75) is 99.2 Å². The van der Waals surface area contributed by atoms with E-state index in [0.717, 1.165) is 19.4 Å². The second kappa shape index (κ2) is 13.7. The monoisotopic (exact) mass is 601 g/mol. The van der Waals surface area contributed by atoms with Crippen LogP contribution in [0.1, 0.15) is 32.6 Å². The normalized spacial score (nSPS) is 42.3. The average molecular weight is 602 g/mol. The molecule has 4 aliphatic rings. The maximum Gasteiger partial charge on any atom is 0.250 e. The molecule has 2 saturated carbocycles. The van der Waals surface area contributed by atoms with Crippen molar-refractivity contribution < 1.29 is 39.4 Å². The van der Waals surface area contributed by atoms with Gasteiger partial charge in [-0.05, 0) is 57.7 Å². The van der Waals surface area contributed by atoms with E-state index in [4.69, 9.17) is 37.1 Å². The van der Waals surface area contributed by atoms with Crippen molar-refractivity contribution in [1.82, 2.24) is 16.0 Å². The van der Waals surface area contributed by atoms with Crippen molar-refractivity contribution >= 4 is 5.91 Å². The summed E-state index contributed by atoms with van der Waals surface area (Å²) in [6.07, 6.45) is -2.37. The third kappa shape index (κ3) is 7.25. The van der Waals surface area contributed by atoms with Gasteiger partial charge in [0.25, 0.3) is 0 Å². The summed E-state index contributed by atoms with van der Waals surface area (Å²) >= 11 is 0. The molecule has 0 aromatic heterocycles. The lowest BCUT2D eigenvalue weighted by Gasteiger charge is -2.50. The first kappa shape index (κ1) is 33.4. The molecule has 2 aliphatic carbocycles. The lowest BCUT2D eigenvalue weighted by atomic mass is 9.72. The fourth-order valence-electron chi connectivity index (χ4n) is 6.43. The minimum Gasteiger partial charge on any atom is -0.492 e. The van der Waals surface area contributed by atoms with E-state index >= 15 is 0 Å². The van der Waals surface area contributed by atoms with Crippen LogP contribution in [0.2, 0.25) is 0 Å². The number of aliphatic hydroxyl groups is 4. The van der Waals surface area contributed by atoms with Gasteiger partial charge in [0.1, 0.15) is 35.8 Å².